The van der Waals surface area contributed by atoms with Crippen LogP contribution in [0, 0.1) is 0 Å². The highest BCUT2D eigenvalue weighted by molar-refractivity contribution is 5.99. The molecule has 314 valence electrons. The highest BCUT2D eigenvalue weighted by atomic mass is 15.1. The second-order valence-electron chi connectivity index (χ2n) is 17.3. The van der Waals surface area contributed by atoms with E-state index in [1.54, 1.807) is 0 Å². The summed E-state index contributed by atoms with van der Waals surface area (Å²) in [6, 6.07) is 99.7. The number of nitrogens with zero attached hydrogens (tertiary/aromatic N) is 1. The molecule has 67 heavy (non-hydrogen) atoms. The average molecular weight is 852 g/mol. The zero-order valence-electron chi connectivity index (χ0n) is 36.9. The van der Waals surface area contributed by atoms with Gasteiger partial charge in [-0.15, -0.1) is 0 Å². The van der Waals surface area contributed by atoms with Gasteiger partial charge in [-0.05, 0) is 142 Å². The zero-order chi connectivity index (χ0) is 44.5. The molecule has 0 heterocycles. The van der Waals surface area contributed by atoms with E-state index in [0.29, 0.717) is 0 Å². The largest absolute Gasteiger partial charge is 0.310 e. The monoisotopic (exact) mass is 851 g/mol. The second kappa shape index (κ2) is 17.3. The van der Waals surface area contributed by atoms with E-state index in [-0.39, 0.29) is 0 Å². The molecule has 1 heteroatoms. The Bertz CT molecular complexity index is 3720. The molecular formula is C66H45N. The predicted octanol–water partition coefficient (Wildman–Crippen LogP) is 18.6. The molecule has 12 aromatic rings. The van der Waals surface area contributed by atoms with Gasteiger partial charge in [-0.2, -0.15) is 0 Å². The van der Waals surface area contributed by atoms with Crippen LogP contribution in [0.2, 0.25) is 0 Å². The number of hydrogen-bond donors (Lipinski definition) is 0. The molecule has 0 aliphatic rings. The Balaban J connectivity index is 1.03. The van der Waals surface area contributed by atoms with E-state index in [0.717, 1.165) is 33.8 Å². The topological polar surface area (TPSA) is 3.24 Å². The van der Waals surface area contributed by atoms with Gasteiger partial charge in [0.15, 0.2) is 0 Å². The van der Waals surface area contributed by atoms with Gasteiger partial charge in [0.2, 0.25) is 0 Å². The van der Waals surface area contributed by atoms with Gasteiger partial charge in [-0.1, -0.05) is 224 Å². The summed E-state index contributed by atoms with van der Waals surface area (Å²) in [7, 11) is 0. The van der Waals surface area contributed by atoms with Crippen LogP contribution in [0.3, 0.4) is 0 Å². The normalized spacial score (nSPS) is 11.3. The van der Waals surface area contributed by atoms with Crippen LogP contribution in [0.4, 0.5) is 17.1 Å². The Morgan fingerprint density at radius 1 is 0.194 bits per heavy atom. The van der Waals surface area contributed by atoms with Gasteiger partial charge in [-0.25, -0.2) is 0 Å². The molecule has 0 unspecified atom stereocenters. The Morgan fingerprint density at radius 2 is 0.627 bits per heavy atom. The molecule has 0 aliphatic heterocycles. The first-order valence-electron chi connectivity index (χ1n) is 23.1. The van der Waals surface area contributed by atoms with Crippen molar-refractivity contribution in [3.8, 4) is 66.8 Å². The summed E-state index contributed by atoms with van der Waals surface area (Å²) in [6.45, 7) is 0. The van der Waals surface area contributed by atoms with Crippen LogP contribution in [-0.4, -0.2) is 0 Å². The summed E-state index contributed by atoms with van der Waals surface area (Å²) in [5.74, 6) is 0. The fourth-order valence-electron chi connectivity index (χ4n) is 9.81. The van der Waals surface area contributed by atoms with Gasteiger partial charge in [0.25, 0.3) is 0 Å². The van der Waals surface area contributed by atoms with E-state index in [2.05, 4.69) is 278 Å². The summed E-state index contributed by atoms with van der Waals surface area (Å²) in [5.41, 5.74) is 17.5. The summed E-state index contributed by atoms with van der Waals surface area (Å²) in [4.78, 5) is 2.44. The van der Waals surface area contributed by atoms with Gasteiger partial charge in [0, 0.05) is 16.9 Å². The molecule has 12 rings (SSSR count). The zero-order valence-corrected chi connectivity index (χ0v) is 36.9. The maximum atomic E-state index is 2.44. The van der Waals surface area contributed by atoms with Crippen molar-refractivity contribution in [3.05, 3.63) is 273 Å². The summed E-state index contributed by atoms with van der Waals surface area (Å²) < 4.78 is 0. The van der Waals surface area contributed by atoms with Crippen molar-refractivity contribution in [3.63, 3.8) is 0 Å². The van der Waals surface area contributed by atoms with Crippen molar-refractivity contribution in [2.75, 3.05) is 4.90 Å². The lowest BCUT2D eigenvalue weighted by atomic mass is 9.91. The summed E-state index contributed by atoms with van der Waals surface area (Å²) >= 11 is 0. The quantitative estimate of drug-likeness (QED) is 0.140. The van der Waals surface area contributed by atoms with Crippen LogP contribution in [0.1, 0.15) is 0 Å². The Morgan fingerprint density at radius 3 is 1.28 bits per heavy atom. The third kappa shape index (κ3) is 7.73. The number of benzene rings is 12. The van der Waals surface area contributed by atoms with Crippen LogP contribution in [0.5, 0.6) is 0 Å². The molecule has 0 aromatic heterocycles. The lowest BCUT2D eigenvalue weighted by Gasteiger charge is -2.29. The maximum Gasteiger partial charge on any atom is 0.0546 e. The first kappa shape index (κ1) is 39.8. The minimum Gasteiger partial charge on any atom is -0.310 e. The van der Waals surface area contributed by atoms with Crippen molar-refractivity contribution in [1.82, 2.24) is 0 Å². The molecule has 0 amide bonds. The molecule has 0 saturated carbocycles. The number of anilines is 3. The van der Waals surface area contributed by atoms with Crippen molar-refractivity contribution in [1.29, 1.82) is 0 Å². The minimum atomic E-state index is 1.07. The smallest absolute Gasteiger partial charge is 0.0546 e. The van der Waals surface area contributed by atoms with Gasteiger partial charge in [0.05, 0.1) is 5.69 Å². The molecular weight excluding hydrogens is 807 g/mol. The van der Waals surface area contributed by atoms with Crippen molar-refractivity contribution in [2.45, 2.75) is 0 Å². The second-order valence-corrected chi connectivity index (χ2v) is 17.3. The van der Waals surface area contributed by atoms with Crippen LogP contribution in [0.25, 0.3) is 99.1 Å². The summed E-state index contributed by atoms with van der Waals surface area (Å²) in [5, 5.41) is 7.39. The average Bonchev–Trinajstić information content (AvgIpc) is 3.41. The van der Waals surface area contributed by atoms with Gasteiger partial charge in [0.1, 0.15) is 0 Å². The number of hydrogen-bond acceptors (Lipinski definition) is 1. The standard InChI is InChI=1S/C66H45N/c1-3-16-49(17-4-1)63-40-34-56(44-65(63)51-18-5-2-6-19-51)48-30-36-59(37-31-48)67(60-38-32-52(33-39-60)62-25-13-23-50-20-11-12-24-61(50)62)66-45-57(55-28-26-46-14-7-9-21-53(46)42-55)35-41-64(66)58-29-27-47-15-8-10-22-54(47)43-58/h1-45H. The number of rotatable bonds is 9. The first-order valence-corrected chi connectivity index (χ1v) is 23.1. The Kier molecular flexibility index (Phi) is 10.3. The Labute approximate surface area is 392 Å². The summed E-state index contributed by atoms with van der Waals surface area (Å²) in [6.07, 6.45) is 0. The molecule has 0 saturated heterocycles. The number of fused-ring (bicyclic) bond motifs is 3. The first-order chi connectivity index (χ1) is 33.2. The predicted molar refractivity (Wildman–Crippen MR) is 286 cm³/mol. The van der Waals surface area contributed by atoms with Crippen molar-refractivity contribution >= 4 is 49.4 Å². The van der Waals surface area contributed by atoms with E-state index in [1.807, 2.05) is 0 Å². The van der Waals surface area contributed by atoms with Crippen LogP contribution in [0.15, 0.2) is 273 Å². The van der Waals surface area contributed by atoms with E-state index in [1.165, 1.54) is 82.4 Å². The molecule has 0 bridgehead atoms. The van der Waals surface area contributed by atoms with Gasteiger partial charge >= 0.3 is 0 Å². The lowest BCUT2D eigenvalue weighted by molar-refractivity contribution is 1.28. The third-order valence-electron chi connectivity index (χ3n) is 13.3. The van der Waals surface area contributed by atoms with Crippen LogP contribution < -0.4 is 4.90 Å². The highest BCUT2D eigenvalue weighted by Crippen LogP contribution is 2.45. The van der Waals surface area contributed by atoms with Crippen LogP contribution >= 0.6 is 0 Å². The molecule has 12 aromatic carbocycles. The molecule has 0 N–H and O–H groups in total. The van der Waals surface area contributed by atoms with E-state index < -0.39 is 0 Å². The minimum absolute atomic E-state index is 1.07. The molecule has 0 atom stereocenters. The molecule has 1 nitrogen and oxygen atoms in total. The SMILES string of the molecule is c1ccc(-c2ccc(-c3ccc(N(c4ccc(-c5cccc6ccccc56)cc4)c4cc(-c5ccc6ccccc6c5)ccc4-c4ccc5ccccc5c4)cc3)cc2-c2ccccc2)cc1. The van der Waals surface area contributed by atoms with Gasteiger partial charge in [-0.3, -0.25) is 0 Å². The van der Waals surface area contributed by atoms with E-state index in [4.69, 9.17) is 0 Å². The fraction of sp³-hybridized carbons (Fsp3) is 0. The van der Waals surface area contributed by atoms with Crippen molar-refractivity contribution in [2.24, 2.45) is 0 Å². The molecule has 0 spiro atoms. The fourth-order valence-corrected chi connectivity index (χ4v) is 9.81. The van der Waals surface area contributed by atoms with Crippen molar-refractivity contribution < 1.29 is 0 Å². The Hall–Kier alpha value is -8.78. The highest BCUT2D eigenvalue weighted by Gasteiger charge is 2.20. The van der Waals surface area contributed by atoms with Crippen LogP contribution in [-0.2, 0) is 0 Å². The molecule has 0 radical (unpaired) electrons. The molecule has 0 aliphatic carbocycles. The molecule has 0 fully saturated rings. The maximum absolute atomic E-state index is 2.44. The van der Waals surface area contributed by atoms with Gasteiger partial charge < -0.3 is 4.90 Å². The third-order valence-corrected chi connectivity index (χ3v) is 13.3. The van der Waals surface area contributed by atoms with E-state index in [9.17, 15) is 0 Å². The lowest BCUT2D eigenvalue weighted by Crippen LogP contribution is -2.11. The van der Waals surface area contributed by atoms with E-state index >= 15 is 0 Å².